The van der Waals surface area contributed by atoms with Gasteiger partial charge in [0.2, 0.25) is 11.8 Å². The average Bonchev–Trinajstić information content (AvgIpc) is 3.08. The van der Waals surface area contributed by atoms with Gasteiger partial charge >= 0.3 is 0 Å². The SMILES string of the molecule is CCN1CCC(N(CC2CCCCC2)C(=O)CCCc2ccccc2)C1=O. The molecule has 2 fully saturated rings. The number of rotatable bonds is 8. The van der Waals surface area contributed by atoms with Crippen LogP contribution in [0.3, 0.4) is 0 Å². The van der Waals surface area contributed by atoms with E-state index in [0.717, 1.165) is 38.9 Å². The van der Waals surface area contributed by atoms with E-state index in [4.69, 9.17) is 0 Å². The Balaban J connectivity index is 1.61. The second-order valence-corrected chi connectivity index (χ2v) is 8.11. The van der Waals surface area contributed by atoms with Crippen molar-refractivity contribution in [3.05, 3.63) is 35.9 Å². The van der Waals surface area contributed by atoms with Gasteiger partial charge in [-0.25, -0.2) is 0 Å². The molecule has 1 aliphatic heterocycles. The summed E-state index contributed by atoms with van der Waals surface area (Å²) in [6.07, 6.45) is 9.35. The molecule has 1 aliphatic carbocycles. The molecule has 1 aromatic rings. The summed E-state index contributed by atoms with van der Waals surface area (Å²) in [5, 5.41) is 0. The molecule has 4 nitrogen and oxygen atoms in total. The zero-order valence-corrected chi connectivity index (χ0v) is 16.7. The van der Waals surface area contributed by atoms with Crippen molar-refractivity contribution >= 4 is 11.8 Å². The van der Waals surface area contributed by atoms with Crippen molar-refractivity contribution < 1.29 is 9.59 Å². The predicted molar refractivity (Wildman–Crippen MR) is 108 cm³/mol. The zero-order chi connectivity index (χ0) is 19.1. The maximum atomic E-state index is 13.1. The van der Waals surface area contributed by atoms with Gasteiger partial charge < -0.3 is 9.80 Å². The van der Waals surface area contributed by atoms with Crippen molar-refractivity contribution in [1.29, 1.82) is 0 Å². The highest BCUT2D eigenvalue weighted by Crippen LogP contribution is 2.27. The van der Waals surface area contributed by atoms with Crippen LogP contribution in [0.2, 0.25) is 0 Å². The Morgan fingerprint density at radius 3 is 2.52 bits per heavy atom. The van der Waals surface area contributed by atoms with Crippen molar-refractivity contribution in [3.8, 4) is 0 Å². The number of carbonyl (C=O) groups is 2. The fourth-order valence-corrected chi connectivity index (χ4v) is 4.61. The minimum atomic E-state index is -0.226. The van der Waals surface area contributed by atoms with Crippen molar-refractivity contribution in [2.75, 3.05) is 19.6 Å². The molecule has 0 aromatic heterocycles. The molecule has 1 heterocycles. The van der Waals surface area contributed by atoms with Crippen LogP contribution < -0.4 is 0 Å². The molecule has 2 aliphatic rings. The van der Waals surface area contributed by atoms with Crippen LogP contribution in [0.1, 0.15) is 63.9 Å². The van der Waals surface area contributed by atoms with Crippen LogP contribution in [0, 0.1) is 5.92 Å². The number of nitrogens with zero attached hydrogens (tertiary/aromatic N) is 2. The number of hydrogen-bond donors (Lipinski definition) is 0. The molecule has 1 aromatic carbocycles. The number of likely N-dealkylation sites (tertiary alicyclic amines) is 1. The van der Waals surface area contributed by atoms with Gasteiger partial charge in [-0.1, -0.05) is 49.6 Å². The normalized spacial score (nSPS) is 20.9. The fraction of sp³-hybridized carbons (Fsp3) is 0.652. The Morgan fingerprint density at radius 1 is 1.11 bits per heavy atom. The minimum Gasteiger partial charge on any atom is -0.341 e. The van der Waals surface area contributed by atoms with Crippen LogP contribution in [0.4, 0.5) is 0 Å². The van der Waals surface area contributed by atoms with Crippen molar-refractivity contribution in [2.45, 2.75) is 70.8 Å². The largest absolute Gasteiger partial charge is 0.341 e. The van der Waals surface area contributed by atoms with Gasteiger partial charge in [-0.3, -0.25) is 9.59 Å². The first-order valence-corrected chi connectivity index (χ1v) is 10.8. The number of benzene rings is 1. The van der Waals surface area contributed by atoms with Gasteiger partial charge in [-0.2, -0.15) is 0 Å². The molecule has 3 rings (SSSR count). The summed E-state index contributed by atoms with van der Waals surface area (Å²) in [6, 6.07) is 10.1. The number of likely N-dealkylation sites (N-methyl/N-ethyl adjacent to an activating group) is 1. The molecule has 1 saturated heterocycles. The third-order valence-corrected chi connectivity index (χ3v) is 6.23. The third-order valence-electron chi connectivity index (χ3n) is 6.23. The van der Waals surface area contributed by atoms with Gasteiger partial charge in [0.1, 0.15) is 6.04 Å². The molecule has 1 saturated carbocycles. The highest BCUT2D eigenvalue weighted by Gasteiger charge is 2.38. The first kappa shape index (κ1) is 19.9. The summed E-state index contributed by atoms with van der Waals surface area (Å²) in [6.45, 7) is 4.33. The highest BCUT2D eigenvalue weighted by molar-refractivity contribution is 5.89. The van der Waals surface area contributed by atoms with Crippen molar-refractivity contribution in [1.82, 2.24) is 9.80 Å². The topological polar surface area (TPSA) is 40.6 Å². The Bertz CT molecular complexity index is 610. The van der Waals surface area contributed by atoms with Crippen LogP contribution in [-0.2, 0) is 16.0 Å². The minimum absolute atomic E-state index is 0.157. The van der Waals surface area contributed by atoms with E-state index in [2.05, 4.69) is 12.1 Å². The van der Waals surface area contributed by atoms with Crippen LogP contribution in [0.15, 0.2) is 30.3 Å². The molecule has 0 N–H and O–H groups in total. The second-order valence-electron chi connectivity index (χ2n) is 8.11. The first-order chi connectivity index (χ1) is 13.2. The van der Waals surface area contributed by atoms with Gasteiger partial charge in [0.25, 0.3) is 0 Å². The van der Waals surface area contributed by atoms with E-state index >= 15 is 0 Å². The molecule has 1 unspecified atom stereocenters. The summed E-state index contributed by atoms with van der Waals surface area (Å²) in [5.41, 5.74) is 1.28. The number of aryl methyl sites for hydroxylation is 1. The summed E-state index contributed by atoms with van der Waals surface area (Å²) < 4.78 is 0. The molecule has 148 valence electrons. The molecular formula is C23H34N2O2. The maximum Gasteiger partial charge on any atom is 0.245 e. The third kappa shape index (κ3) is 5.33. The molecule has 0 spiro atoms. The van der Waals surface area contributed by atoms with Gasteiger partial charge in [0.05, 0.1) is 0 Å². The maximum absolute atomic E-state index is 13.1. The average molecular weight is 371 g/mol. The van der Waals surface area contributed by atoms with E-state index < -0.39 is 0 Å². The van der Waals surface area contributed by atoms with Gasteiger partial charge in [-0.05, 0) is 50.5 Å². The Hall–Kier alpha value is -1.84. The Morgan fingerprint density at radius 2 is 1.85 bits per heavy atom. The lowest BCUT2D eigenvalue weighted by atomic mass is 9.88. The summed E-state index contributed by atoms with van der Waals surface area (Å²) in [7, 11) is 0. The van der Waals surface area contributed by atoms with Crippen molar-refractivity contribution in [3.63, 3.8) is 0 Å². The standard InChI is InChI=1S/C23H34N2O2/c1-2-24-17-16-21(23(24)27)25(18-20-12-7-4-8-13-20)22(26)15-9-14-19-10-5-3-6-11-19/h3,5-6,10-11,20-21H,2,4,7-9,12-18H2,1H3. The molecule has 2 amide bonds. The van der Waals surface area contributed by atoms with Crippen molar-refractivity contribution in [2.24, 2.45) is 5.92 Å². The van der Waals surface area contributed by atoms with Gasteiger partial charge in [0.15, 0.2) is 0 Å². The van der Waals surface area contributed by atoms with E-state index in [1.807, 2.05) is 34.9 Å². The molecular weight excluding hydrogens is 336 g/mol. The van der Waals surface area contributed by atoms with Crippen LogP contribution in [-0.4, -0.2) is 47.3 Å². The number of carbonyl (C=O) groups excluding carboxylic acids is 2. The molecule has 27 heavy (non-hydrogen) atoms. The Labute approximate surface area is 163 Å². The summed E-state index contributed by atoms with van der Waals surface area (Å²) >= 11 is 0. The molecule has 0 radical (unpaired) electrons. The smallest absolute Gasteiger partial charge is 0.245 e. The van der Waals surface area contributed by atoms with E-state index in [1.54, 1.807) is 0 Å². The van der Waals surface area contributed by atoms with Crippen LogP contribution in [0.5, 0.6) is 0 Å². The van der Waals surface area contributed by atoms with E-state index in [1.165, 1.54) is 37.7 Å². The molecule has 4 heteroatoms. The summed E-state index contributed by atoms with van der Waals surface area (Å²) in [5.74, 6) is 0.901. The van der Waals surface area contributed by atoms with Gasteiger partial charge in [-0.15, -0.1) is 0 Å². The molecule has 1 atom stereocenters. The first-order valence-electron chi connectivity index (χ1n) is 10.8. The predicted octanol–water partition coefficient (Wildman–Crippen LogP) is 4.04. The molecule has 0 bridgehead atoms. The summed E-state index contributed by atoms with van der Waals surface area (Å²) in [4.78, 5) is 29.7. The number of hydrogen-bond acceptors (Lipinski definition) is 2. The van der Waals surface area contributed by atoms with Gasteiger partial charge in [0, 0.05) is 26.1 Å². The monoisotopic (exact) mass is 370 g/mol. The number of amides is 2. The second kappa shape index (κ2) is 9.91. The lowest BCUT2D eigenvalue weighted by Gasteiger charge is -2.33. The lowest BCUT2D eigenvalue weighted by molar-refractivity contribution is -0.142. The van der Waals surface area contributed by atoms with Crippen LogP contribution in [0.25, 0.3) is 0 Å². The quantitative estimate of drug-likeness (QED) is 0.693. The van der Waals surface area contributed by atoms with E-state index in [9.17, 15) is 9.59 Å². The lowest BCUT2D eigenvalue weighted by Crippen LogP contribution is -2.47. The zero-order valence-electron chi connectivity index (χ0n) is 16.7. The van der Waals surface area contributed by atoms with Crippen LogP contribution >= 0.6 is 0 Å². The van der Waals surface area contributed by atoms with E-state index in [0.29, 0.717) is 12.3 Å². The highest BCUT2D eigenvalue weighted by atomic mass is 16.2. The Kier molecular flexibility index (Phi) is 7.31. The van der Waals surface area contributed by atoms with E-state index in [-0.39, 0.29) is 17.9 Å². The fourth-order valence-electron chi connectivity index (χ4n) is 4.61.